The third-order valence-electron chi connectivity index (χ3n) is 2.08. The van der Waals surface area contributed by atoms with Gasteiger partial charge in [0.15, 0.2) is 0 Å². The molecule has 0 aliphatic heterocycles. The van der Waals surface area contributed by atoms with Gasteiger partial charge in [-0.3, -0.25) is 0 Å². The molecule has 2 N–H and O–H groups in total. The summed E-state index contributed by atoms with van der Waals surface area (Å²) < 4.78 is 5.69. The van der Waals surface area contributed by atoms with Crippen molar-refractivity contribution in [2.45, 2.75) is 20.0 Å². The van der Waals surface area contributed by atoms with Gasteiger partial charge in [-0.25, -0.2) is 9.97 Å². The van der Waals surface area contributed by atoms with Crippen molar-refractivity contribution in [3.63, 3.8) is 0 Å². The maximum absolute atomic E-state index is 5.69. The van der Waals surface area contributed by atoms with Gasteiger partial charge in [-0.15, -0.1) is 0 Å². The summed E-state index contributed by atoms with van der Waals surface area (Å²) in [6.45, 7) is 7.53. The Kier molecular flexibility index (Phi) is 4.94. The highest BCUT2D eigenvalue weighted by Crippen LogP contribution is 2.18. The van der Waals surface area contributed by atoms with Gasteiger partial charge in [0, 0.05) is 6.20 Å². The van der Waals surface area contributed by atoms with Gasteiger partial charge in [0.05, 0.1) is 5.69 Å². The topological polar surface area (TPSA) is 61.0 Å². The van der Waals surface area contributed by atoms with Crippen LogP contribution in [0.3, 0.4) is 0 Å². The monoisotopic (exact) mass is 231 g/mol. The first kappa shape index (κ1) is 13.0. The van der Waals surface area contributed by atoms with Crippen molar-refractivity contribution in [1.82, 2.24) is 9.97 Å². The molecule has 90 valence electrons. The molecule has 1 heterocycles. The van der Waals surface area contributed by atoms with E-state index in [2.05, 4.69) is 16.5 Å². The van der Waals surface area contributed by atoms with Crippen LogP contribution in [0.15, 0.2) is 48.9 Å². The number of nitrogens with two attached hydrogens (primary N) is 1. The van der Waals surface area contributed by atoms with Crippen LogP contribution in [0.4, 0.5) is 5.95 Å². The molecule has 0 aromatic carbocycles. The number of hydrogen-bond donors (Lipinski definition) is 1. The Morgan fingerprint density at radius 3 is 2.94 bits per heavy atom. The molecule has 0 spiro atoms. The standard InChI is InChI=1S/C13H17N3O/c1-4-6-7-11(5-2)17-10(3)12-8-9-15-13(14)16-12/h4-10H,2H2,1,3H3,(H2,14,15,16)/b6-4-,11-7+/t10-/m1/s1. The Morgan fingerprint density at radius 1 is 1.59 bits per heavy atom. The molecule has 0 aliphatic carbocycles. The molecule has 0 bridgehead atoms. The van der Waals surface area contributed by atoms with Crippen molar-refractivity contribution in [1.29, 1.82) is 0 Å². The number of nitrogens with zero attached hydrogens (tertiary/aromatic N) is 2. The summed E-state index contributed by atoms with van der Waals surface area (Å²) in [6.07, 6.45) is 8.71. The third-order valence-corrected chi connectivity index (χ3v) is 2.08. The van der Waals surface area contributed by atoms with Crippen LogP contribution >= 0.6 is 0 Å². The second kappa shape index (κ2) is 6.48. The molecule has 1 aromatic heterocycles. The van der Waals surface area contributed by atoms with E-state index in [-0.39, 0.29) is 12.1 Å². The zero-order valence-corrected chi connectivity index (χ0v) is 10.1. The van der Waals surface area contributed by atoms with Crippen molar-refractivity contribution in [2.75, 3.05) is 5.73 Å². The lowest BCUT2D eigenvalue weighted by Gasteiger charge is -2.14. The SMILES string of the molecule is C=C/C(=C\C=C/C)O[C@H](C)c1ccnc(N)n1. The lowest BCUT2D eigenvalue weighted by Crippen LogP contribution is -2.04. The van der Waals surface area contributed by atoms with Crippen LogP contribution in [0.1, 0.15) is 25.6 Å². The van der Waals surface area contributed by atoms with Gasteiger partial charge >= 0.3 is 0 Å². The van der Waals surface area contributed by atoms with Crippen molar-refractivity contribution < 1.29 is 4.74 Å². The number of aromatic nitrogens is 2. The van der Waals surface area contributed by atoms with E-state index in [1.54, 1.807) is 18.3 Å². The summed E-state index contributed by atoms with van der Waals surface area (Å²) in [7, 11) is 0. The number of hydrogen-bond acceptors (Lipinski definition) is 4. The minimum Gasteiger partial charge on any atom is -0.484 e. The fourth-order valence-electron chi connectivity index (χ4n) is 1.23. The maximum Gasteiger partial charge on any atom is 0.220 e. The van der Waals surface area contributed by atoms with E-state index in [1.807, 2.05) is 32.1 Å². The second-order valence-corrected chi connectivity index (χ2v) is 3.40. The highest BCUT2D eigenvalue weighted by molar-refractivity contribution is 5.20. The molecule has 1 rings (SSSR count). The van der Waals surface area contributed by atoms with Gasteiger partial charge in [-0.05, 0) is 32.1 Å². The average molecular weight is 231 g/mol. The molecule has 0 amide bonds. The summed E-state index contributed by atoms with van der Waals surface area (Å²) in [5, 5.41) is 0. The molecule has 0 aliphatic rings. The molecule has 4 heteroatoms. The molecule has 1 atom stereocenters. The highest BCUT2D eigenvalue weighted by atomic mass is 16.5. The van der Waals surface area contributed by atoms with Crippen LogP contribution in [0.2, 0.25) is 0 Å². The summed E-state index contributed by atoms with van der Waals surface area (Å²) in [6, 6.07) is 1.78. The number of anilines is 1. The predicted octanol–water partition coefficient (Wildman–Crippen LogP) is 2.78. The lowest BCUT2D eigenvalue weighted by molar-refractivity contribution is 0.139. The number of nitrogen functional groups attached to an aromatic ring is 1. The Hall–Kier alpha value is -2.10. The number of ether oxygens (including phenoxy) is 1. The molecule has 4 nitrogen and oxygen atoms in total. The zero-order chi connectivity index (χ0) is 12.7. The van der Waals surface area contributed by atoms with Crippen LogP contribution in [0, 0.1) is 0 Å². The second-order valence-electron chi connectivity index (χ2n) is 3.40. The van der Waals surface area contributed by atoms with Crippen molar-refractivity contribution in [3.8, 4) is 0 Å². The fraction of sp³-hybridized carbons (Fsp3) is 0.231. The summed E-state index contributed by atoms with van der Waals surface area (Å²) in [5.74, 6) is 0.934. The van der Waals surface area contributed by atoms with E-state index in [0.717, 1.165) is 5.69 Å². The largest absolute Gasteiger partial charge is 0.484 e. The van der Waals surface area contributed by atoms with E-state index in [9.17, 15) is 0 Å². The van der Waals surface area contributed by atoms with E-state index in [1.165, 1.54) is 0 Å². The first-order chi connectivity index (χ1) is 8.17. The van der Waals surface area contributed by atoms with E-state index in [4.69, 9.17) is 10.5 Å². The van der Waals surface area contributed by atoms with E-state index >= 15 is 0 Å². The number of rotatable bonds is 5. The first-order valence-corrected chi connectivity index (χ1v) is 5.38. The average Bonchev–Trinajstić information content (AvgIpc) is 2.34. The minimum atomic E-state index is -0.199. The van der Waals surface area contributed by atoms with Crippen LogP contribution in [-0.2, 0) is 4.74 Å². The third kappa shape index (κ3) is 4.10. The van der Waals surface area contributed by atoms with Crippen LogP contribution in [0.25, 0.3) is 0 Å². The van der Waals surface area contributed by atoms with Crippen LogP contribution in [-0.4, -0.2) is 9.97 Å². The molecule has 0 saturated carbocycles. The van der Waals surface area contributed by atoms with Crippen LogP contribution in [0.5, 0.6) is 0 Å². The van der Waals surface area contributed by atoms with Crippen LogP contribution < -0.4 is 5.73 Å². The van der Waals surface area contributed by atoms with Crippen molar-refractivity contribution >= 4 is 5.95 Å². The quantitative estimate of drug-likeness (QED) is 0.625. The van der Waals surface area contributed by atoms with Gasteiger partial charge in [0.25, 0.3) is 0 Å². The molecular formula is C13H17N3O. The smallest absolute Gasteiger partial charge is 0.220 e. The van der Waals surface area contributed by atoms with Crippen molar-refractivity contribution in [3.05, 3.63) is 54.6 Å². The predicted molar refractivity (Wildman–Crippen MR) is 69.0 cm³/mol. The molecule has 0 fully saturated rings. The molecule has 1 aromatic rings. The molecule has 0 unspecified atom stereocenters. The normalized spacial score (nSPS) is 13.6. The summed E-state index contributed by atoms with van der Waals surface area (Å²) >= 11 is 0. The lowest BCUT2D eigenvalue weighted by atomic mass is 10.2. The van der Waals surface area contributed by atoms with Gasteiger partial charge in [0.1, 0.15) is 11.9 Å². The first-order valence-electron chi connectivity index (χ1n) is 5.38. The zero-order valence-electron chi connectivity index (χ0n) is 10.1. The Balaban J connectivity index is 2.77. The molecule has 0 saturated heterocycles. The van der Waals surface area contributed by atoms with Gasteiger partial charge < -0.3 is 10.5 Å². The van der Waals surface area contributed by atoms with Gasteiger partial charge in [-0.2, -0.15) is 0 Å². The summed E-state index contributed by atoms with van der Waals surface area (Å²) in [4.78, 5) is 7.94. The number of allylic oxidation sites excluding steroid dienone is 4. The Bertz CT molecular complexity index is 438. The van der Waals surface area contributed by atoms with Gasteiger partial charge in [0.2, 0.25) is 5.95 Å². The summed E-state index contributed by atoms with van der Waals surface area (Å²) in [5.41, 5.74) is 6.26. The Morgan fingerprint density at radius 2 is 2.35 bits per heavy atom. The minimum absolute atomic E-state index is 0.199. The maximum atomic E-state index is 5.69. The molecular weight excluding hydrogens is 214 g/mol. The van der Waals surface area contributed by atoms with E-state index in [0.29, 0.717) is 5.76 Å². The molecule has 17 heavy (non-hydrogen) atoms. The highest BCUT2D eigenvalue weighted by Gasteiger charge is 2.09. The van der Waals surface area contributed by atoms with Crippen molar-refractivity contribution in [2.24, 2.45) is 0 Å². The van der Waals surface area contributed by atoms with Gasteiger partial charge in [-0.1, -0.05) is 18.7 Å². The van der Waals surface area contributed by atoms with E-state index < -0.39 is 0 Å². The fourth-order valence-corrected chi connectivity index (χ4v) is 1.23. The Labute approximate surface area is 102 Å². The molecule has 0 radical (unpaired) electrons.